The first-order valence-electron chi connectivity index (χ1n) is 5.96. The molecule has 0 unspecified atom stereocenters. The standard InChI is InChI=1S/C14H16N2O2/c1-11-4-2-3-5-12(11)6-7-14(18)16-9-8-15-13(17)10-16/h2-7H,8-10H2,1H3,(H,15,17)/b7-6-. The molecule has 0 aliphatic carbocycles. The summed E-state index contributed by atoms with van der Waals surface area (Å²) in [4.78, 5) is 24.6. The van der Waals surface area contributed by atoms with Crippen LogP contribution in [0.15, 0.2) is 30.3 Å². The van der Waals surface area contributed by atoms with Crippen molar-refractivity contribution in [2.45, 2.75) is 6.92 Å². The van der Waals surface area contributed by atoms with E-state index in [-0.39, 0.29) is 18.4 Å². The minimum absolute atomic E-state index is 0.0982. The minimum atomic E-state index is -0.117. The lowest BCUT2D eigenvalue weighted by molar-refractivity contribution is -0.134. The summed E-state index contributed by atoms with van der Waals surface area (Å²) in [6.07, 6.45) is 3.32. The summed E-state index contributed by atoms with van der Waals surface area (Å²) in [5.41, 5.74) is 2.14. The van der Waals surface area contributed by atoms with Gasteiger partial charge in [0.1, 0.15) is 0 Å². The molecular formula is C14H16N2O2. The van der Waals surface area contributed by atoms with Crippen molar-refractivity contribution in [2.24, 2.45) is 0 Å². The number of benzene rings is 1. The first-order valence-corrected chi connectivity index (χ1v) is 5.96. The van der Waals surface area contributed by atoms with E-state index in [9.17, 15) is 9.59 Å². The zero-order valence-corrected chi connectivity index (χ0v) is 10.3. The molecule has 1 saturated heterocycles. The molecule has 94 valence electrons. The van der Waals surface area contributed by atoms with E-state index in [0.29, 0.717) is 13.1 Å². The fourth-order valence-electron chi connectivity index (χ4n) is 1.87. The second-order valence-electron chi connectivity index (χ2n) is 4.30. The molecule has 0 bridgehead atoms. The Bertz CT molecular complexity index is 494. The highest BCUT2D eigenvalue weighted by Gasteiger charge is 2.18. The predicted molar refractivity (Wildman–Crippen MR) is 69.8 cm³/mol. The summed E-state index contributed by atoms with van der Waals surface area (Å²) in [6, 6.07) is 7.86. The average Bonchev–Trinajstić information content (AvgIpc) is 2.37. The first kappa shape index (κ1) is 12.4. The fraction of sp³-hybridized carbons (Fsp3) is 0.286. The molecule has 1 aromatic rings. The second-order valence-corrected chi connectivity index (χ2v) is 4.30. The van der Waals surface area contributed by atoms with Gasteiger partial charge in [-0.2, -0.15) is 0 Å². The number of carbonyl (C=O) groups is 2. The Kier molecular flexibility index (Phi) is 3.77. The van der Waals surface area contributed by atoms with Crippen molar-refractivity contribution in [1.29, 1.82) is 0 Å². The van der Waals surface area contributed by atoms with Gasteiger partial charge in [0.15, 0.2) is 0 Å². The number of nitrogens with one attached hydrogen (secondary N) is 1. The maximum absolute atomic E-state index is 11.9. The lowest BCUT2D eigenvalue weighted by Crippen LogP contribution is -2.49. The molecule has 0 aromatic heterocycles. The van der Waals surface area contributed by atoms with Crippen molar-refractivity contribution < 1.29 is 9.59 Å². The van der Waals surface area contributed by atoms with Crippen molar-refractivity contribution in [2.75, 3.05) is 19.6 Å². The molecule has 4 nitrogen and oxygen atoms in total. The van der Waals surface area contributed by atoms with Gasteiger partial charge in [0.05, 0.1) is 6.54 Å². The summed E-state index contributed by atoms with van der Waals surface area (Å²) in [7, 11) is 0. The molecule has 18 heavy (non-hydrogen) atoms. The SMILES string of the molecule is Cc1ccccc1/C=C\C(=O)N1CCNC(=O)C1. The molecule has 1 aliphatic rings. The van der Waals surface area contributed by atoms with Crippen LogP contribution in [0, 0.1) is 6.92 Å². The number of nitrogens with zero attached hydrogens (tertiary/aromatic N) is 1. The smallest absolute Gasteiger partial charge is 0.247 e. The Hall–Kier alpha value is -2.10. The zero-order chi connectivity index (χ0) is 13.0. The van der Waals surface area contributed by atoms with Gasteiger partial charge >= 0.3 is 0 Å². The van der Waals surface area contributed by atoms with Crippen molar-refractivity contribution in [3.05, 3.63) is 41.5 Å². The molecular weight excluding hydrogens is 228 g/mol. The Morgan fingerprint density at radius 1 is 1.39 bits per heavy atom. The van der Waals surface area contributed by atoms with Crippen molar-refractivity contribution in [1.82, 2.24) is 10.2 Å². The van der Waals surface area contributed by atoms with Gasteiger partial charge in [0.2, 0.25) is 11.8 Å². The van der Waals surface area contributed by atoms with Crippen molar-refractivity contribution in [3.63, 3.8) is 0 Å². The number of carbonyl (C=O) groups excluding carboxylic acids is 2. The van der Waals surface area contributed by atoms with Crippen molar-refractivity contribution in [3.8, 4) is 0 Å². The number of piperazine rings is 1. The number of hydrogen-bond acceptors (Lipinski definition) is 2. The molecule has 0 radical (unpaired) electrons. The monoisotopic (exact) mass is 244 g/mol. The van der Waals surface area contributed by atoms with Gasteiger partial charge in [0.25, 0.3) is 0 Å². The summed E-state index contributed by atoms with van der Waals surface area (Å²) < 4.78 is 0. The molecule has 4 heteroatoms. The van der Waals surface area contributed by atoms with E-state index in [4.69, 9.17) is 0 Å². The number of amides is 2. The summed E-state index contributed by atoms with van der Waals surface area (Å²) in [5.74, 6) is -0.216. The molecule has 1 N–H and O–H groups in total. The van der Waals surface area contributed by atoms with E-state index in [1.54, 1.807) is 11.0 Å². The van der Waals surface area contributed by atoms with Gasteiger partial charge in [-0.1, -0.05) is 24.3 Å². The Morgan fingerprint density at radius 2 is 2.17 bits per heavy atom. The first-order chi connectivity index (χ1) is 8.66. The molecule has 1 aromatic carbocycles. The van der Waals surface area contributed by atoms with E-state index in [1.165, 1.54) is 6.08 Å². The lowest BCUT2D eigenvalue weighted by Gasteiger charge is -2.25. The number of rotatable bonds is 2. The third kappa shape index (κ3) is 2.97. The van der Waals surface area contributed by atoms with Gasteiger partial charge < -0.3 is 10.2 Å². The molecule has 2 amide bonds. The van der Waals surface area contributed by atoms with E-state index < -0.39 is 0 Å². The fourth-order valence-corrected chi connectivity index (χ4v) is 1.87. The minimum Gasteiger partial charge on any atom is -0.353 e. The summed E-state index contributed by atoms with van der Waals surface area (Å²) in [5, 5.41) is 2.69. The average molecular weight is 244 g/mol. The van der Waals surface area contributed by atoms with Crippen LogP contribution in [0.3, 0.4) is 0 Å². The van der Waals surface area contributed by atoms with Gasteiger partial charge in [-0.3, -0.25) is 9.59 Å². The van der Waals surface area contributed by atoms with E-state index in [1.807, 2.05) is 31.2 Å². The summed E-state index contributed by atoms with van der Waals surface area (Å²) in [6.45, 7) is 3.25. The Morgan fingerprint density at radius 3 is 2.89 bits per heavy atom. The molecule has 0 spiro atoms. The zero-order valence-electron chi connectivity index (χ0n) is 10.3. The predicted octanol–water partition coefficient (Wildman–Crippen LogP) is 0.967. The van der Waals surface area contributed by atoms with Crippen LogP contribution in [0.4, 0.5) is 0 Å². The van der Waals surface area contributed by atoms with Gasteiger partial charge in [-0.15, -0.1) is 0 Å². The molecule has 0 saturated carbocycles. The third-order valence-electron chi connectivity index (χ3n) is 2.94. The van der Waals surface area contributed by atoms with Crippen LogP contribution in [-0.4, -0.2) is 36.3 Å². The largest absolute Gasteiger partial charge is 0.353 e. The van der Waals surface area contributed by atoms with Gasteiger partial charge in [0, 0.05) is 19.2 Å². The lowest BCUT2D eigenvalue weighted by atomic mass is 10.1. The third-order valence-corrected chi connectivity index (χ3v) is 2.94. The van der Waals surface area contributed by atoms with E-state index >= 15 is 0 Å². The van der Waals surface area contributed by atoms with Crippen LogP contribution in [0.5, 0.6) is 0 Å². The van der Waals surface area contributed by atoms with Crippen molar-refractivity contribution >= 4 is 17.9 Å². The summed E-state index contributed by atoms with van der Waals surface area (Å²) >= 11 is 0. The van der Waals surface area contributed by atoms with Crippen LogP contribution in [-0.2, 0) is 9.59 Å². The second kappa shape index (κ2) is 5.49. The highest BCUT2D eigenvalue weighted by atomic mass is 16.2. The molecule has 2 rings (SSSR count). The van der Waals surface area contributed by atoms with Gasteiger partial charge in [-0.05, 0) is 24.1 Å². The number of aryl methyl sites for hydroxylation is 1. The maximum atomic E-state index is 11.9. The van der Waals surface area contributed by atoms with Gasteiger partial charge in [-0.25, -0.2) is 0 Å². The van der Waals surface area contributed by atoms with Crippen LogP contribution in [0.1, 0.15) is 11.1 Å². The highest BCUT2D eigenvalue weighted by Crippen LogP contribution is 2.09. The number of hydrogen-bond donors (Lipinski definition) is 1. The van der Waals surface area contributed by atoms with Crippen LogP contribution in [0.25, 0.3) is 6.08 Å². The molecule has 1 fully saturated rings. The van der Waals surface area contributed by atoms with Crippen LogP contribution >= 0.6 is 0 Å². The topological polar surface area (TPSA) is 49.4 Å². The quantitative estimate of drug-likeness (QED) is 0.788. The molecule has 1 aliphatic heterocycles. The van der Waals surface area contributed by atoms with E-state index in [0.717, 1.165) is 11.1 Å². The molecule has 0 atom stereocenters. The Balaban J connectivity index is 2.03. The van der Waals surface area contributed by atoms with E-state index in [2.05, 4.69) is 5.32 Å². The maximum Gasteiger partial charge on any atom is 0.247 e. The van der Waals surface area contributed by atoms with Crippen LogP contribution < -0.4 is 5.32 Å². The Labute approximate surface area is 106 Å². The van der Waals surface area contributed by atoms with Crippen LogP contribution in [0.2, 0.25) is 0 Å². The normalized spacial score (nSPS) is 15.8. The highest BCUT2D eigenvalue weighted by molar-refractivity contribution is 5.95. The molecule has 1 heterocycles.